The Balaban J connectivity index is 2.21. The smallest absolute Gasteiger partial charge is 0.326 e. The lowest BCUT2D eigenvalue weighted by atomic mass is 10.0. The number of H-pyrrole nitrogens is 1. The van der Waals surface area contributed by atoms with Crippen LogP contribution in [-0.2, 0) is 20.8 Å². The molecule has 0 radical (unpaired) electrons. The molecule has 0 spiro atoms. The van der Waals surface area contributed by atoms with Gasteiger partial charge in [0, 0.05) is 30.4 Å². The molecule has 4 N–H and O–H groups in total. The molecule has 2 aromatic rings. The van der Waals surface area contributed by atoms with Crippen LogP contribution in [0.2, 0.25) is 0 Å². The van der Waals surface area contributed by atoms with E-state index >= 15 is 0 Å². The van der Waals surface area contributed by atoms with Gasteiger partial charge < -0.3 is 20.7 Å². The first kappa shape index (κ1) is 19.4. The lowest BCUT2D eigenvalue weighted by Crippen LogP contribution is -2.52. The zero-order valence-electron chi connectivity index (χ0n) is 14.6. The second kappa shape index (κ2) is 8.46. The van der Waals surface area contributed by atoms with Crippen molar-refractivity contribution in [3.05, 3.63) is 35.8 Å². The van der Waals surface area contributed by atoms with E-state index in [1.165, 1.54) is 19.1 Å². The molecule has 1 aromatic heterocycles. The first-order chi connectivity index (χ1) is 12.3. The Bertz CT molecular complexity index is 818. The number of carbonyl (C=O) groups excluding carboxylic acids is 2. The largest absolute Gasteiger partial charge is 0.480 e. The normalized spacial score (nSPS) is 13.2. The fourth-order valence-corrected chi connectivity index (χ4v) is 2.82. The number of hydrogen-bond acceptors (Lipinski definition) is 3. The second-order valence-electron chi connectivity index (χ2n) is 6.15. The quantitative estimate of drug-likeness (QED) is 0.572. The van der Waals surface area contributed by atoms with Crippen LogP contribution in [-0.4, -0.2) is 40.0 Å². The fraction of sp³-hybridized carbons (Fsp3) is 0.389. The van der Waals surface area contributed by atoms with E-state index in [9.17, 15) is 23.9 Å². The molecule has 26 heavy (non-hydrogen) atoms. The van der Waals surface area contributed by atoms with Gasteiger partial charge in [-0.25, -0.2) is 9.18 Å². The molecule has 7 nitrogen and oxygen atoms in total. The summed E-state index contributed by atoms with van der Waals surface area (Å²) in [6, 6.07) is 2.30. The molecule has 1 heterocycles. The minimum Gasteiger partial charge on any atom is -0.480 e. The van der Waals surface area contributed by atoms with Gasteiger partial charge in [-0.3, -0.25) is 9.59 Å². The molecule has 2 rings (SSSR count). The van der Waals surface area contributed by atoms with Gasteiger partial charge in [0.25, 0.3) is 0 Å². The third-order valence-electron chi connectivity index (χ3n) is 4.04. The van der Waals surface area contributed by atoms with Gasteiger partial charge in [0.05, 0.1) is 0 Å². The van der Waals surface area contributed by atoms with Crippen molar-refractivity contribution in [1.82, 2.24) is 15.6 Å². The summed E-state index contributed by atoms with van der Waals surface area (Å²) in [5.74, 6) is -2.48. The Morgan fingerprint density at radius 2 is 1.96 bits per heavy atom. The molecule has 0 fully saturated rings. The predicted octanol–water partition coefficient (Wildman–Crippen LogP) is 1.72. The van der Waals surface area contributed by atoms with Crippen LogP contribution in [0, 0.1) is 5.82 Å². The second-order valence-corrected chi connectivity index (χ2v) is 6.15. The van der Waals surface area contributed by atoms with E-state index in [1.807, 2.05) is 6.92 Å². The number of aliphatic carboxylic acids is 1. The predicted molar refractivity (Wildman–Crippen MR) is 94.0 cm³/mol. The van der Waals surface area contributed by atoms with Crippen molar-refractivity contribution < 1.29 is 23.9 Å². The molecule has 1 aromatic carbocycles. The van der Waals surface area contributed by atoms with Gasteiger partial charge in [0.15, 0.2) is 0 Å². The number of benzene rings is 1. The van der Waals surface area contributed by atoms with E-state index in [0.29, 0.717) is 18.4 Å². The number of nitrogens with one attached hydrogen (secondary N) is 3. The lowest BCUT2D eigenvalue weighted by Gasteiger charge is -2.20. The number of carboxylic acids is 1. The molecule has 0 saturated heterocycles. The third kappa shape index (κ3) is 4.81. The number of fused-ring (bicyclic) bond motifs is 1. The van der Waals surface area contributed by atoms with E-state index in [0.717, 1.165) is 10.9 Å². The van der Waals surface area contributed by atoms with Gasteiger partial charge in [-0.1, -0.05) is 13.3 Å². The number of aromatic amines is 1. The van der Waals surface area contributed by atoms with Crippen LogP contribution in [0.3, 0.4) is 0 Å². The molecule has 2 atom stereocenters. The maximum absolute atomic E-state index is 13.3. The lowest BCUT2D eigenvalue weighted by molar-refractivity contribution is -0.142. The maximum atomic E-state index is 13.3. The average molecular weight is 363 g/mol. The molecule has 0 aliphatic heterocycles. The minimum absolute atomic E-state index is 0.148. The van der Waals surface area contributed by atoms with E-state index in [2.05, 4.69) is 15.6 Å². The molecule has 0 aliphatic rings. The van der Waals surface area contributed by atoms with Gasteiger partial charge in [0.2, 0.25) is 11.8 Å². The molecule has 0 saturated carbocycles. The molecule has 140 valence electrons. The van der Waals surface area contributed by atoms with E-state index in [4.69, 9.17) is 0 Å². The summed E-state index contributed by atoms with van der Waals surface area (Å²) in [6.45, 7) is 3.10. The first-order valence-corrected chi connectivity index (χ1v) is 8.37. The van der Waals surface area contributed by atoms with Crippen molar-refractivity contribution in [3.8, 4) is 0 Å². The number of aromatic nitrogens is 1. The number of rotatable bonds is 8. The SMILES string of the molecule is CCCC(NC(=O)C(Cc1c[nH]c2cc(F)ccc12)NC(C)=O)C(=O)O. The molecule has 2 amide bonds. The summed E-state index contributed by atoms with van der Waals surface area (Å²) in [7, 11) is 0. The molecule has 2 unspecified atom stereocenters. The maximum Gasteiger partial charge on any atom is 0.326 e. The van der Waals surface area contributed by atoms with Gasteiger partial charge in [-0.05, 0) is 30.2 Å². The Kier molecular flexibility index (Phi) is 6.32. The summed E-state index contributed by atoms with van der Waals surface area (Å²) < 4.78 is 13.3. The Morgan fingerprint density at radius 1 is 1.23 bits per heavy atom. The Labute approximate surface area is 150 Å². The van der Waals surface area contributed by atoms with Crippen molar-refractivity contribution in [2.75, 3.05) is 0 Å². The monoisotopic (exact) mass is 363 g/mol. The van der Waals surface area contributed by atoms with Gasteiger partial charge in [0.1, 0.15) is 17.9 Å². The van der Waals surface area contributed by atoms with Crippen LogP contribution in [0.4, 0.5) is 4.39 Å². The summed E-state index contributed by atoms with van der Waals surface area (Å²) in [4.78, 5) is 38.2. The summed E-state index contributed by atoms with van der Waals surface area (Å²) in [6.07, 6.45) is 2.68. The fourth-order valence-electron chi connectivity index (χ4n) is 2.82. The number of hydrogen-bond donors (Lipinski definition) is 4. The van der Waals surface area contributed by atoms with Crippen molar-refractivity contribution in [2.24, 2.45) is 0 Å². The van der Waals surface area contributed by atoms with Crippen LogP contribution in [0.15, 0.2) is 24.4 Å². The zero-order valence-corrected chi connectivity index (χ0v) is 14.6. The number of amides is 2. The van der Waals surface area contributed by atoms with Gasteiger partial charge in [-0.2, -0.15) is 0 Å². The molecular formula is C18H22FN3O4. The summed E-state index contributed by atoms with van der Waals surface area (Å²) >= 11 is 0. The highest BCUT2D eigenvalue weighted by molar-refractivity contribution is 5.91. The minimum atomic E-state index is -1.12. The van der Waals surface area contributed by atoms with Gasteiger partial charge >= 0.3 is 5.97 Å². The summed E-state index contributed by atoms with van der Waals surface area (Å²) in [5, 5.41) is 15.0. The molecule has 0 aliphatic carbocycles. The van der Waals surface area contributed by atoms with Gasteiger partial charge in [-0.15, -0.1) is 0 Å². The summed E-state index contributed by atoms with van der Waals surface area (Å²) in [5.41, 5.74) is 1.30. The van der Waals surface area contributed by atoms with Crippen LogP contribution in [0.1, 0.15) is 32.3 Å². The highest BCUT2D eigenvalue weighted by Gasteiger charge is 2.26. The third-order valence-corrected chi connectivity index (χ3v) is 4.04. The van der Waals surface area contributed by atoms with E-state index in [-0.39, 0.29) is 12.2 Å². The number of carbonyl (C=O) groups is 3. The van der Waals surface area contributed by atoms with Crippen molar-refractivity contribution in [2.45, 2.75) is 45.2 Å². The standard InChI is InChI=1S/C18H22FN3O4/c1-3-4-14(18(25)26)22-17(24)16(21-10(2)23)7-11-9-20-15-8-12(19)5-6-13(11)15/h5-6,8-9,14,16,20H,3-4,7H2,1-2H3,(H,21,23)(H,22,24)(H,25,26). The topological polar surface area (TPSA) is 111 Å². The van der Waals surface area contributed by atoms with Crippen LogP contribution in [0.5, 0.6) is 0 Å². The highest BCUT2D eigenvalue weighted by Crippen LogP contribution is 2.20. The Morgan fingerprint density at radius 3 is 2.58 bits per heavy atom. The van der Waals surface area contributed by atoms with Crippen LogP contribution < -0.4 is 10.6 Å². The van der Waals surface area contributed by atoms with Crippen LogP contribution in [0.25, 0.3) is 10.9 Å². The molecule has 8 heteroatoms. The van der Waals surface area contributed by atoms with Crippen LogP contribution >= 0.6 is 0 Å². The number of carboxylic acid groups (broad SMARTS) is 1. The first-order valence-electron chi connectivity index (χ1n) is 8.37. The average Bonchev–Trinajstić information content (AvgIpc) is 2.95. The number of halogens is 1. The van der Waals surface area contributed by atoms with E-state index < -0.39 is 29.9 Å². The Hall–Kier alpha value is -2.90. The van der Waals surface area contributed by atoms with Crippen molar-refractivity contribution in [3.63, 3.8) is 0 Å². The van der Waals surface area contributed by atoms with Crippen molar-refractivity contribution >= 4 is 28.7 Å². The molecule has 0 bridgehead atoms. The molecular weight excluding hydrogens is 341 g/mol. The highest BCUT2D eigenvalue weighted by atomic mass is 19.1. The zero-order chi connectivity index (χ0) is 19.3. The van der Waals surface area contributed by atoms with Crippen molar-refractivity contribution in [1.29, 1.82) is 0 Å². The van der Waals surface area contributed by atoms with E-state index in [1.54, 1.807) is 12.3 Å².